The number of alkyl halides is 1. The standard InChI is InChI=1S/C20H21ClFNO3.H2S/c1-14(24)23-18(12-21)11-19(25)10-15-5-7-20(8-6-15)26-13-16-3-2-4-17(22)9-16;/h2-9,18H,10-13H2,1H3,(H,23,24);1H2. The minimum atomic E-state index is -0.351. The number of hydrogen-bond donors (Lipinski definition) is 1. The molecule has 0 radical (unpaired) electrons. The van der Waals surface area contributed by atoms with E-state index >= 15 is 0 Å². The van der Waals surface area contributed by atoms with E-state index in [0.29, 0.717) is 5.75 Å². The molecule has 0 bridgehead atoms. The summed E-state index contributed by atoms with van der Waals surface area (Å²) in [5.74, 6) is 0.330. The van der Waals surface area contributed by atoms with E-state index in [2.05, 4.69) is 5.32 Å². The van der Waals surface area contributed by atoms with Crippen LogP contribution in [-0.2, 0) is 22.6 Å². The highest BCUT2D eigenvalue weighted by Crippen LogP contribution is 2.16. The second-order valence-electron chi connectivity index (χ2n) is 6.03. The first kappa shape index (κ1) is 23.0. The van der Waals surface area contributed by atoms with Gasteiger partial charge >= 0.3 is 0 Å². The maximum Gasteiger partial charge on any atom is 0.217 e. The summed E-state index contributed by atoms with van der Waals surface area (Å²) in [5, 5.41) is 2.65. The van der Waals surface area contributed by atoms with E-state index in [9.17, 15) is 14.0 Å². The Balaban J connectivity index is 0.00000364. The topological polar surface area (TPSA) is 55.4 Å². The third kappa shape index (κ3) is 8.45. The summed E-state index contributed by atoms with van der Waals surface area (Å²) in [6, 6.07) is 13.1. The Morgan fingerprint density at radius 1 is 1.15 bits per heavy atom. The van der Waals surface area contributed by atoms with Crippen molar-refractivity contribution in [3.8, 4) is 5.75 Å². The fourth-order valence-electron chi connectivity index (χ4n) is 2.50. The third-order valence-corrected chi connectivity index (χ3v) is 4.06. The van der Waals surface area contributed by atoms with Crippen molar-refractivity contribution in [3.63, 3.8) is 0 Å². The van der Waals surface area contributed by atoms with Crippen LogP contribution in [0.1, 0.15) is 24.5 Å². The lowest BCUT2D eigenvalue weighted by atomic mass is 10.0. The van der Waals surface area contributed by atoms with Crippen LogP contribution in [0.4, 0.5) is 4.39 Å². The fourth-order valence-corrected chi connectivity index (χ4v) is 2.69. The van der Waals surface area contributed by atoms with Crippen LogP contribution in [0.2, 0.25) is 0 Å². The molecule has 0 heterocycles. The number of nitrogens with one attached hydrogen (secondary N) is 1. The summed E-state index contributed by atoms with van der Waals surface area (Å²) < 4.78 is 18.8. The van der Waals surface area contributed by atoms with Crippen molar-refractivity contribution in [2.75, 3.05) is 5.88 Å². The maximum atomic E-state index is 13.1. The normalized spacial score (nSPS) is 11.2. The average Bonchev–Trinajstić information content (AvgIpc) is 2.60. The second-order valence-corrected chi connectivity index (χ2v) is 6.34. The van der Waals surface area contributed by atoms with Gasteiger partial charge < -0.3 is 10.1 Å². The van der Waals surface area contributed by atoms with Crippen molar-refractivity contribution in [3.05, 3.63) is 65.5 Å². The first-order chi connectivity index (χ1) is 12.5. The van der Waals surface area contributed by atoms with E-state index < -0.39 is 0 Å². The van der Waals surface area contributed by atoms with Gasteiger partial charge in [-0.2, -0.15) is 13.5 Å². The molecule has 4 nitrogen and oxygen atoms in total. The van der Waals surface area contributed by atoms with Crippen LogP contribution in [0.15, 0.2) is 48.5 Å². The quantitative estimate of drug-likeness (QED) is 0.639. The predicted octanol–water partition coefficient (Wildman–Crippen LogP) is 3.76. The Hall–Kier alpha value is -2.05. The van der Waals surface area contributed by atoms with Crippen molar-refractivity contribution in [2.45, 2.75) is 32.4 Å². The van der Waals surface area contributed by atoms with Gasteiger partial charge in [0.05, 0.1) is 0 Å². The Kier molecular flexibility index (Phi) is 9.89. The van der Waals surface area contributed by atoms with Gasteiger partial charge in [-0.1, -0.05) is 24.3 Å². The van der Waals surface area contributed by atoms with Gasteiger partial charge in [-0.3, -0.25) is 9.59 Å². The number of amides is 1. The minimum Gasteiger partial charge on any atom is -0.489 e. The molecule has 1 N–H and O–H groups in total. The van der Waals surface area contributed by atoms with Gasteiger partial charge in [0.25, 0.3) is 0 Å². The molecule has 0 aromatic heterocycles. The van der Waals surface area contributed by atoms with Crippen LogP contribution in [0.5, 0.6) is 5.75 Å². The Labute approximate surface area is 170 Å². The van der Waals surface area contributed by atoms with Crippen molar-refractivity contribution < 1.29 is 18.7 Å². The largest absolute Gasteiger partial charge is 0.489 e. The molecule has 0 fully saturated rings. The van der Waals surface area contributed by atoms with Crippen molar-refractivity contribution in [2.24, 2.45) is 0 Å². The lowest BCUT2D eigenvalue weighted by Gasteiger charge is -2.14. The molecule has 2 aromatic carbocycles. The summed E-state index contributed by atoms with van der Waals surface area (Å²) in [5.41, 5.74) is 1.60. The molecule has 7 heteroatoms. The maximum absolute atomic E-state index is 13.1. The molecule has 0 aliphatic carbocycles. The number of halogens is 2. The molecular formula is C20H23ClFNO3S. The van der Waals surface area contributed by atoms with E-state index in [1.54, 1.807) is 24.3 Å². The third-order valence-electron chi connectivity index (χ3n) is 3.69. The fraction of sp³-hybridized carbons (Fsp3) is 0.300. The molecule has 0 aliphatic heterocycles. The molecule has 27 heavy (non-hydrogen) atoms. The van der Waals surface area contributed by atoms with Gasteiger partial charge in [0.15, 0.2) is 0 Å². The monoisotopic (exact) mass is 411 g/mol. The first-order valence-corrected chi connectivity index (χ1v) is 8.80. The zero-order valence-corrected chi connectivity index (χ0v) is 16.8. The molecular weight excluding hydrogens is 389 g/mol. The molecule has 146 valence electrons. The van der Waals surface area contributed by atoms with Crippen LogP contribution < -0.4 is 10.1 Å². The van der Waals surface area contributed by atoms with Crippen LogP contribution in [-0.4, -0.2) is 23.6 Å². The number of ether oxygens (including phenoxy) is 1. The van der Waals surface area contributed by atoms with Crippen molar-refractivity contribution >= 4 is 36.8 Å². The highest BCUT2D eigenvalue weighted by molar-refractivity contribution is 7.59. The van der Waals surface area contributed by atoms with Crippen molar-refractivity contribution in [1.29, 1.82) is 0 Å². The number of rotatable bonds is 9. The molecule has 1 unspecified atom stereocenters. The molecule has 2 aromatic rings. The highest BCUT2D eigenvalue weighted by Gasteiger charge is 2.14. The number of hydrogen-bond acceptors (Lipinski definition) is 3. The Bertz CT molecular complexity index is 755. The number of benzene rings is 2. The summed E-state index contributed by atoms with van der Waals surface area (Å²) in [7, 11) is 0. The summed E-state index contributed by atoms with van der Waals surface area (Å²) in [6.45, 7) is 1.66. The second kappa shape index (κ2) is 11.6. The van der Waals surface area contributed by atoms with Crippen LogP contribution in [0, 0.1) is 5.82 Å². The summed E-state index contributed by atoms with van der Waals surface area (Å²) >= 11 is 5.77. The van der Waals surface area contributed by atoms with Gasteiger partial charge in [0, 0.05) is 31.7 Å². The van der Waals surface area contributed by atoms with Crippen LogP contribution >= 0.6 is 25.1 Å². The first-order valence-electron chi connectivity index (χ1n) is 8.27. The lowest BCUT2D eigenvalue weighted by molar-refractivity contribution is -0.120. The van der Waals surface area contributed by atoms with E-state index in [0.717, 1.165) is 11.1 Å². The SMILES string of the molecule is CC(=O)NC(CCl)CC(=O)Cc1ccc(OCc2cccc(F)c2)cc1.S. The molecule has 0 aliphatic rings. The van der Waals surface area contributed by atoms with E-state index in [1.165, 1.54) is 19.1 Å². The number of ketones is 1. The zero-order valence-electron chi connectivity index (χ0n) is 15.0. The molecule has 1 amide bonds. The summed E-state index contributed by atoms with van der Waals surface area (Å²) in [6.07, 6.45) is 0.456. The number of carbonyl (C=O) groups excluding carboxylic acids is 2. The van der Waals surface area contributed by atoms with E-state index in [-0.39, 0.29) is 62.4 Å². The minimum absolute atomic E-state index is 0. The van der Waals surface area contributed by atoms with Gasteiger partial charge in [-0.25, -0.2) is 4.39 Å². The van der Waals surface area contributed by atoms with E-state index in [4.69, 9.17) is 16.3 Å². The molecule has 0 saturated carbocycles. The lowest BCUT2D eigenvalue weighted by Crippen LogP contribution is -2.36. The highest BCUT2D eigenvalue weighted by atomic mass is 35.5. The predicted molar refractivity (Wildman–Crippen MR) is 109 cm³/mol. The molecule has 0 spiro atoms. The van der Waals surface area contributed by atoms with Gasteiger partial charge in [-0.05, 0) is 35.4 Å². The number of carbonyl (C=O) groups is 2. The number of Topliss-reactive ketones (excluding diaryl/α,β-unsaturated/α-hetero) is 1. The molecule has 2 rings (SSSR count). The Morgan fingerprint density at radius 2 is 1.85 bits per heavy atom. The molecule has 1 atom stereocenters. The van der Waals surface area contributed by atoms with Crippen LogP contribution in [0.25, 0.3) is 0 Å². The smallest absolute Gasteiger partial charge is 0.217 e. The molecule has 0 saturated heterocycles. The zero-order chi connectivity index (χ0) is 18.9. The van der Waals surface area contributed by atoms with Gasteiger partial charge in [0.2, 0.25) is 5.91 Å². The van der Waals surface area contributed by atoms with Gasteiger partial charge in [0.1, 0.15) is 24.0 Å². The van der Waals surface area contributed by atoms with Gasteiger partial charge in [-0.15, -0.1) is 11.6 Å². The Morgan fingerprint density at radius 3 is 2.44 bits per heavy atom. The summed E-state index contributed by atoms with van der Waals surface area (Å²) in [4.78, 5) is 23.2. The van der Waals surface area contributed by atoms with Crippen LogP contribution in [0.3, 0.4) is 0 Å². The van der Waals surface area contributed by atoms with E-state index in [1.807, 2.05) is 12.1 Å². The average molecular weight is 412 g/mol. The van der Waals surface area contributed by atoms with Crippen molar-refractivity contribution in [1.82, 2.24) is 5.32 Å².